The summed E-state index contributed by atoms with van der Waals surface area (Å²) < 4.78 is 40.8. The van der Waals surface area contributed by atoms with Crippen LogP contribution in [0, 0.1) is 5.92 Å². The summed E-state index contributed by atoms with van der Waals surface area (Å²) in [5.74, 6) is 0.873. The molecule has 4 atom stereocenters. The number of nitrogens with one attached hydrogen (secondary N) is 2. The van der Waals surface area contributed by atoms with Gasteiger partial charge in [-0.2, -0.15) is 4.98 Å². The van der Waals surface area contributed by atoms with Gasteiger partial charge in [-0.1, -0.05) is 86.6 Å². The molecular formula is C32H38N8O6S. The van der Waals surface area contributed by atoms with Crippen molar-refractivity contribution < 1.29 is 27.9 Å². The summed E-state index contributed by atoms with van der Waals surface area (Å²) in [6.07, 6.45) is -3.00. The average Bonchev–Trinajstić information content (AvgIpc) is 3.78. The van der Waals surface area contributed by atoms with Gasteiger partial charge in [0.15, 0.2) is 35.1 Å². The molecular weight excluding hydrogens is 624 g/mol. The van der Waals surface area contributed by atoms with Crippen LogP contribution in [0.2, 0.25) is 0 Å². The van der Waals surface area contributed by atoms with Gasteiger partial charge in [0.1, 0.15) is 18.0 Å². The molecule has 0 spiro atoms. The fraction of sp³-hybridized carbons (Fsp3) is 0.406. The van der Waals surface area contributed by atoms with Gasteiger partial charge in [-0.3, -0.25) is 4.57 Å². The van der Waals surface area contributed by atoms with Crippen molar-refractivity contribution in [3.8, 4) is 0 Å². The van der Waals surface area contributed by atoms with E-state index >= 15 is 0 Å². The number of sulfonamides is 1. The Morgan fingerprint density at radius 3 is 2.23 bits per heavy atom. The number of nitrogens with zero attached hydrogens (tertiary/aromatic N) is 6. The van der Waals surface area contributed by atoms with Gasteiger partial charge in [-0.25, -0.2) is 28.1 Å². The van der Waals surface area contributed by atoms with Gasteiger partial charge in [0.05, 0.1) is 18.6 Å². The van der Waals surface area contributed by atoms with E-state index in [0.29, 0.717) is 30.1 Å². The van der Waals surface area contributed by atoms with Gasteiger partial charge < -0.3 is 24.8 Å². The first-order valence-corrected chi connectivity index (χ1v) is 17.2. The second-order valence-electron chi connectivity index (χ2n) is 11.9. The van der Waals surface area contributed by atoms with Crippen LogP contribution in [0.25, 0.3) is 11.2 Å². The van der Waals surface area contributed by atoms with E-state index in [-0.39, 0.29) is 41.5 Å². The van der Waals surface area contributed by atoms with E-state index in [4.69, 9.17) is 9.26 Å². The van der Waals surface area contributed by atoms with Crippen molar-refractivity contribution in [3.05, 3.63) is 95.7 Å². The van der Waals surface area contributed by atoms with Crippen LogP contribution in [0.5, 0.6) is 0 Å². The predicted octanol–water partition coefficient (Wildman–Crippen LogP) is 3.08. The highest BCUT2D eigenvalue weighted by Crippen LogP contribution is 2.39. The van der Waals surface area contributed by atoms with Crippen LogP contribution in [0.3, 0.4) is 0 Å². The van der Waals surface area contributed by atoms with Crippen molar-refractivity contribution in [1.82, 2.24) is 34.4 Å². The SMILES string of the molecule is CCc1noc([C@H]2O[C@@H](n3cnc4c(NCC(c5ccccc5)c5ccccc5)nc(CNS(=O)(=O)CC(C)C)nc43)[C@@H](O)[C@@H]2O)n1. The van der Waals surface area contributed by atoms with Crippen molar-refractivity contribution in [2.45, 2.75) is 64.2 Å². The summed E-state index contributed by atoms with van der Waals surface area (Å²) in [6.45, 7) is 5.77. The van der Waals surface area contributed by atoms with Gasteiger partial charge in [0.2, 0.25) is 10.0 Å². The monoisotopic (exact) mass is 662 g/mol. The first kappa shape index (κ1) is 32.7. The molecule has 0 aliphatic carbocycles. The highest BCUT2D eigenvalue weighted by atomic mass is 32.2. The number of hydrogen-bond donors (Lipinski definition) is 4. The molecule has 47 heavy (non-hydrogen) atoms. The predicted molar refractivity (Wildman–Crippen MR) is 173 cm³/mol. The minimum Gasteiger partial charge on any atom is -0.387 e. The minimum absolute atomic E-state index is 0.0456. The zero-order valence-corrected chi connectivity index (χ0v) is 27.1. The van der Waals surface area contributed by atoms with E-state index < -0.39 is 34.6 Å². The lowest BCUT2D eigenvalue weighted by molar-refractivity contribution is -0.0451. The van der Waals surface area contributed by atoms with Crippen molar-refractivity contribution >= 4 is 27.0 Å². The van der Waals surface area contributed by atoms with Gasteiger partial charge in [-0.05, 0) is 17.0 Å². The molecule has 1 aliphatic rings. The van der Waals surface area contributed by atoms with E-state index in [9.17, 15) is 18.6 Å². The Labute approximate surface area is 272 Å². The fourth-order valence-corrected chi connectivity index (χ4v) is 6.98. The van der Waals surface area contributed by atoms with Gasteiger partial charge in [-0.15, -0.1) is 0 Å². The van der Waals surface area contributed by atoms with Crippen LogP contribution in [0.1, 0.15) is 67.7 Å². The van der Waals surface area contributed by atoms with Crippen molar-refractivity contribution in [3.63, 3.8) is 0 Å². The molecule has 1 saturated heterocycles. The molecule has 4 N–H and O–H groups in total. The molecule has 2 aromatic carbocycles. The molecule has 6 rings (SSSR count). The minimum atomic E-state index is -3.60. The summed E-state index contributed by atoms with van der Waals surface area (Å²) in [5.41, 5.74) is 2.84. The molecule has 1 aliphatic heterocycles. The molecule has 1 fully saturated rings. The lowest BCUT2D eigenvalue weighted by Gasteiger charge is -2.20. The normalized spacial score (nSPS) is 20.1. The molecule has 15 heteroatoms. The van der Waals surface area contributed by atoms with Gasteiger partial charge in [0.25, 0.3) is 5.89 Å². The third kappa shape index (κ3) is 7.18. The Morgan fingerprint density at radius 2 is 1.62 bits per heavy atom. The number of ether oxygens (including phenoxy) is 1. The van der Waals surface area contributed by atoms with Crippen LogP contribution < -0.4 is 10.0 Å². The summed E-state index contributed by atoms with van der Waals surface area (Å²) in [5, 5.41) is 29.3. The van der Waals surface area contributed by atoms with Crippen LogP contribution in [0.4, 0.5) is 5.82 Å². The number of fused-ring (bicyclic) bond motifs is 1. The van der Waals surface area contributed by atoms with Crippen LogP contribution in [-0.2, 0) is 27.7 Å². The second-order valence-corrected chi connectivity index (χ2v) is 13.7. The zero-order valence-electron chi connectivity index (χ0n) is 26.3. The van der Waals surface area contributed by atoms with Crippen LogP contribution in [-0.4, -0.2) is 72.8 Å². The fourth-order valence-electron chi connectivity index (χ4n) is 5.64. The number of aliphatic hydroxyl groups is 2. The smallest absolute Gasteiger partial charge is 0.258 e. The van der Waals surface area contributed by atoms with Crippen molar-refractivity contribution in [2.24, 2.45) is 5.92 Å². The molecule has 14 nitrogen and oxygen atoms in total. The molecule has 0 amide bonds. The summed E-state index contributed by atoms with van der Waals surface area (Å²) in [4.78, 5) is 18.1. The number of imidazole rings is 1. The van der Waals surface area contributed by atoms with E-state index in [1.54, 1.807) is 0 Å². The Balaban J connectivity index is 1.35. The lowest BCUT2D eigenvalue weighted by Crippen LogP contribution is -2.30. The lowest BCUT2D eigenvalue weighted by atomic mass is 9.91. The first-order chi connectivity index (χ1) is 22.6. The molecule has 0 saturated carbocycles. The average molecular weight is 663 g/mol. The quantitative estimate of drug-likeness (QED) is 0.144. The van der Waals surface area contributed by atoms with Crippen molar-refractivity contribution in [2.75, 3.05) is 17.6 Å². The third-order valence-corrected chi connectivity index (χ3v) is 9.59. The number of hydrogen-bond acceptors (Lipinski definition) is 12. The number of rotatable bonds is 13. The van der Waals surface area contributed by atoms with Gasteiger partial charge >= 0.3 is 0 Å². The van der Waals surface area contributed by atoms with Crippen LogP contribution in [0.15, 0.2) is 71.5 Å². The highest BCUT2D eigenvalue weighted by Gasteiger charge is 2.47. The molecule has 0 unspecified atom stereocenters. The van der Waals surface area contributed by atoms with E-state index in [1.807, 2.05) is 57.2 Å². The van der Waals surface area contributed by atoms with E-state index in [1.165, 1.54) is 10.9 Å². The standard InChI is InChI=1S/C32H38N8O6S/c1-4-23-38-31(46-39-23)28-26(41)27(42)32(45-28)40-18-34-25-29(36-24(37-30(25)40)16-35-47(43,44)17-19(2)3)33-15-22(20-11-7-5-8-12-20)21-13-9-6-10-14-21/h5-14,18-19,22,26-28,32,35,41-42H,4,15-17H2,1-3H3,(H,33,36,37)/t26-,27-,28-,32+/m0/s1. The third-order valence-electron chi connectivity index (χ3n) is 7.90. The first-order valence-electron chi connectivity index (χ1n) is 15.5. The van der Waals surface area contributed by atoms with Crippen molar-refractivity contribution in [1.29, 1.82) is 0 Å². The molecule has 4 heterocycles. The molecule has 5 aromatic rings. The topological polar surface area (TPSA) is 190 Å². The molecule has 0 bridgehead atoms. The summed E-state index contributed by atoms with van der Waals surface area (Å²) in [7, 11) is -3.60. The number of aliphatic hydroxyl groups excluding tert-OH is 2. The van der Waals surface area contributed by atoms with Crippen LogP contribution >= 0.6 is 0 Å². The Hall–Kier alpha value is -4.28. The summed E-state index contributed by atoms with van der Waals surface area (Å²) in [6, 6.07) is 20.1. The maximum Gasteiger partial charge on any atom is 0.258 e. The Bertz CT molecular complexity index is 1860. The van der Waals surface area contributed by atoms with E-state index in [2.05, 4.69) is 59.4 Å². The number of benzene rings is 2. The second kappa shape index (κ2) is 13.8. The van der Waals surface area contributed by atoms with E-state index in [0.717, 1.165) is 11.1 Å². The molecule has 3 aromatic heterocycles. The summed E-state index contributed by atoms with van der Waals surface area (Å²) >= 11 is 0. The molecule has 0 radical (unpaired) electrons. The Kier molecular flexibility index (Phi) is 9.61. The maximum absolute atomic E-state index is 12.7. The maximum atomic E-state index is 12.7. The Morgan fingerprint density at radius 1 is 0.936 bits per heavy atom. The number of anilines is 1. The largest absolute Gasteiger partial charge is 0.387 e. The zero-order chi connectivity index (χ0) is 33.1. The highest BCUT2D eigenvalue weighted by molar-refractivity contribution is 7.89. The molecule has 248 valence electrons. The number of aromatic nitrogens is 6. The number of aryl methyl sites for hydroxylation is 1. The van der Waals surface area contributed by atoms with Gasteiger partial charge in [0, 0.05) is 18.9 Å².